The number of benzene rings is 1. The Kier molecular flexibility index (Phi) is 9.13. The van der Waals surface area contributed by atoms with Gasteiger partial charge in [0.15, 0.2) is 5.03 Å². The number of nitrogens with zero attached hydrogens (tertiary/aromatic N) is 2. The van der Waals surface area contributed by atoms with Gasteiger partial charge in [-0.2, -0.15) is 0 Å². The molecule has 6 nitrogen and oxygen atoms in total. The van der Waals surface area contributed by atoms with Crippen molar-refractivity contribution in [3.05, 3.63) is 46.4 Å². The van der Waals surface area contributed by atoms with Crippen LogP contribution in [0, 0.1) is 12.8 Å². The lowest BCUT2D eigenvalue weighted by atomic mass is 9.77. The van der Waals surface area contributed by atoms with E-state index in [9.17, 15) is 9.90 Å². The third-order valence-corrected chi connectivity index (χ3v) is 9.52. The van der Waals surface area contributed by atoms with Gasteiger partial charge in [0.25, 0.3) is 0 Å². The first-order chi connectivity index (χ1) is 18.0. The van der Waals surface area contributed by atoms with Crippen LogP contribution in [0.1, 0.15) is 96.6 Å². The van der Waals surface area contributed by atoms with Gasteiger partial charge in [0, 0.05) is 24.6 Å². The van der Waals surface area contributed by atoms with Gasteiger partial charge in [0.2, 0.25) is 0 Å². The van der Waals surface area contributed by atoms with Gasteiger partial charge in [-0.1, -0.05) is 65.1 Å². The maximum atomic E-state index is 13.5. The summed E-state index contributed by atoms with van der Waals surface area (Å²) >= 11 is 2.55. The molecule has 0 spiro atoms. The van der Waals surface area contributed by atoms with Crippen LogP contribution in [0.25, 0.3) is 0 Å². The van der Waals surface area contributed by atoms with Gasteiger partial charge in [-0.05, 0) is 67.2 Å². The largest absolute Gasteiger partial charge is 0.511 e. The van der Waals surface area contributed by atoms with Crippen molar-refractivity contribution in [2.24, 2.45) is 13.0 Å². The summed E-state index contributed by atoms with van der Waals surface area (Å²) in [4.78, 5) is 19.1. The molecule has 2 aliphatic rings. The number of ether oxygens (including phenoxy) is 1. The van der Waals surface area contributed by atoms with Gasteiger partial charge < -0.3 is 18.6 Å². The first-order valence-electron chi connectivity index (χ1n) is 13.8. The number of hydrogen-bond donors (Lipinski definition) is 1. The third-order valence-electron chi connectivity index (χ3n) is 7.71. The fraction of sp³-hybridized carbons (Fsp3) is 0.600. The van der Waals surface area contributed by atoms with Crippen LogP contribution in [-0.2, 0) is 22.0 Å². The van der Waals surface area contributed by atoms with E-state index in [0.717, 1.165) is 65.3 Å². The van der Waals surface area contributed by atoms with E-state index in [0.29, 0.717) is 17.2 Å². The smallest absolute Gasteiger partial charge is 0.349 e. The first kappa shape index (κ1) is 28.9. The number of hydrogen-bond acceptors (Lipinski definition) is 7. The van der Waals surface area contributed by atoms with E-state index >= 15 is 0 Å². The summed E-state index contributed by atoms with van der Waals surface area (Å²) in [5.74, 6) is 0.886. The maximum Gasteiger partial charge on any atom is 0.349 e. The van der Waals surface area contributed by atoms with Crippen LogP contribution >= 0.6 is 23.8 Å². The summed E-state index contributed by atoms with van der Waals surface area (Å²) in [7, 11) is 1.93. The second-order valence-electron chi connectivity index (χ2n) is 11.9. The third kappa shape index (κ3) is 6.56. The zero-order valence-electron chi connectivity index (χ0n) is 23.6. The number of unbranched alkanes of at least 4 members (excludes halogenated alkanes) is 2. The molecule has 2 aromatic rings. The standard InChI is InChI=1S/C30H42N2O4S2/c1-7-8-11-14-30(21-12-9-10-13-21)17-23(33)27(28(34)35-30)37-25-15-20(2)24(16-22(25)29(3,4)5)36-38-26-18-32(6)19-31-26/h15-16,18-19,21,33H,7-14,17H2,1-6H3. The Morgan fingerprint density at radius 3 is 2.58 bits per heavy atom. The number of thioether (sulfide) groups is 1. The van der Waals surface area contributed by atoms with Gasteiger partial charge in [0.05, 0.1) is 6.33 Å². The maximum absolute atomic E-state index is 13.5. The lowest BCUT2D eigenvalue weighted by molar-refractivity contribution is -0.166. The van der Waals surface area contributed by atoms with Gasteiger partial charge in [-0.3, -0.25) is 0 Å². The fourth-order valence-corrected chi connectivity index (χ4v) is 7.50. The molecule has 0 radical (unpaired) electrons. The molecule has 1 aromatic carbocycles. The average Bonchev–Trinajstić information content (AvgIpc) is 3.53. The van der Waals surface area contributed by atoms with Crippen LogP contribution in [0.15, 0.2) is 45.2 Å². The molecule has 1 atom stereocenters. The number of carbonyl (C=O) groups excluding carboxylic acids is 1. The van der Waals surface area contributed by atoms with Crippen molar-refractivity contribution in [3.63, 3.8) is 0 Å². The number of aliphatic hydroxyl groups is 1. The van der Waals surface area contributed by atoms with Crippen LogP contribution in [0.2, 0.25) is 0 Å². The van der Waals surface area contributed by atoms with Gasteiger partial charge in [0.1, 0.15) is 34.1 Å². The minimum absolute atomic E-state index is 0.179. The number of cyclic esters (lactones) is 1. The number of imidazole rings is 1. The number of aliphatic hydroxyl groups excluding tert-OH is 1. The number of aromatic nitrogens is 2. The molecule has 1 N–H and O–H groups in total. The lowest BCUT2D eigenvalue weighted by Gasteiger charge is -2.41. The summed E-state index contributed by atoms with van der Waals surface area (Å²) in [6.07, 6.45) is 12.6. The molecule has 0 amide bonds. The molecule has 2 heterocycles. The minimum Gasteiger partial charge on any atom is -0.511 e. The second kappa shape index (κ2) is 12.0. The molecule has 0 saturated heterocycles. The Morgan fingerprint density at radius 2 is 1.97 bits per heavy atom. The SMILES string of the molecule is CCCCCC1(C2CCCC2)CC(O)=C(Sc2cc(C)c(OSc3cn(C)cn3)cc2C(C)(C)C)C(=O)O1. The van der Waals surface area contributed by atoms with Crippen LogP contribution < -0.4 is 4.18 Å². The van der Waals surface area contributed by atoms with E-state index in [1.807, 2.05) is 36.9 Å². The molecule has 1 unspecified atom stereocenters. The van der Waals surface area contributed by atoms with Crippen molar-refractivity contribution in [3.8, 4) is 5.75 Å². The highest BCUT2D eigenvalue weighted by molar-refractivity contribution is 8.04. The van der Waals surface area contributed by atoms with E-state index in [1.54, 1.807) is 6.33 Å². The lowest BCUT2D eigenvalue weighted by Crippen LogP contribution is -2.45. The number of aryl methyl sites for hydroxylation is 2. The zero-order valence-corrected chi connectivity index (χ0v) is 25.3. The monoisotopic (exact) mass is 558 g/mol. The van der Waals surface area contributed by atoms with E-state index in [-0.39, 0.29) is 17.1 Å². The summed E-state index contributed by atoms with van der Waals surface area (Å²) in [5.41, 5.74) is 1.23. The number of carbonyl (C=O) groups is 1. The van der Waals surface area contributed by atoms with Crippen molar-refractivity contribution in [1.29, 1.82) is 0 Å². The molecular weight excluding hydrogens is 516 g/mol. The Balaban J connectivity index is 1.60. The Bertz CT molecular complexity index is 1180. The molecule has 8 heteroatoms. The Labute approximate surface area is 236 Å². The van der Waals surface area contributed by atoms with Crippen molar-refractivity contribution in [1.82, 2.24) is 9.55 Å². The summed E-state index contributed by atoms with van der Waals surface area (Å²) in [6.45, 7) is 10.6. The molecule has 1 fully saturated rings. The molecule has 38 heavy (non-hydrogen) atoms. The van der Waals surface area contributed by atoms with Crippen molar-refractivity contribution >= 4 is 29.8 Å². The predicted molar refractivity (Wildman–Crippen MR) is 155 cm³/mol. The molecular formula is C30H42N2O4S2. The van der Waals surface area contributed by atoms with Crippen LogP contribution in [0.3, 0.4) is 0 Å². The van der Waals surface area contributed by atoms with Crippen LogP contribution in [-0.4, -0.2) is 26.2 Å². The van der Waals surface area contributed by atoms with Gasteiger partial charge >= 0.3 is 5.97 Å². The van der Waals surface area contributed by atoms with E-state index in [1.165, 1.54) is 36.6 Å². The quantitative estimate of drug-likeness (QED) is 0.178. The van der Waals surface area contributed by atoms with Gasteiger partial charge in [-0.25, -0.2) is 9.78 Å². The molecule has 4 rings (SSSR count). The highest BCUT2D eigenvalue weighted by Crippen LogP contribution is 2.49. The molecule has 1 aliphatic carbocycles. The number of esters is 1. The molecule has 208 valence electrons. The fourth-order valence-electron chi connectivity index (χ4n) is 5.60. The molecule has 1 aliphatic heterocycles. The highest BCUT2D eigenvalue weighted by Gasteiger charge is 2.48. The second-order valence-corrected chi connectivity index (χ2v) is 13.7. The average molecular weight is 559 g/mol. The summed E-state index contributed by atoms with van der Waals surface area (Å²) in [6, 6.07) is 4.10. The molecule has 1 aromatic heterocycles. The Morgan fingerprint density at radius 1 is 1.24 bits per heavy atom. The van der Waals surface area contributed by atoms with E-state index in [4.69, 9.17) is 8.92 Å². The molecule has 0 bridgehead atoms. The van der Waals surface area contributed by atoms with E-state index < -0.39 is 5.60 Å². The predicted octanol–water partition coefficient (Wildman–Crippen LogP) is 8.43. The summed E-state index contributed by atoms with van der Waals surface area (Å²) in [5, 5.41) is 12.1. The topological polar surface area (TPSA) is 73.6 Å². The van der Waals surface area contributed by atoms with Crippen molar-refractivity contribution < 1.29 is 18.8 Å². The van der Waals surface area contributed by atoms with Crippen molar-refractivity contribution in [2.45, 2.75) is 113 Å². The highest BCUT2D eigenvalue weighted by atomic mass is 32.2. The Hall–Kier alpha value is -2.06. The van der Waals surface area contributed by atoms with E-state index in [2.05, 4.69) is 32.7 Å². The van der Waals surface area contributed by atoms with Gasteiger partial charge in [-0.15, -0.1) is 0 Å². The van der Waals surface area contributed by atoms with Crippen molar-refractivity contribution in [2.75, 3.05) is 0 Å². The first-order valence-corrected chi connectivity index (χ1v) is 15.4. The molecule has 1 saturated carbocycles. The normalized spacial score (nSPS) is 20.7. The van der Waals surface area contributed by atoms with Crippen LogP contribution in [0.4, 0.5) is 0 Å². The minimum atomic E-state index is -0.569. The number of rotatable bonds is 10. The zero-order chi connectivity index (χ0) is 27.5. The summed E-state index contributed by atoms with van der Waals surface area (Å²) < 4.78 is 14.3. The van der Waals surface area contributed by atoms with Crippen LogP contribution in [0.5, 0.6) is 5.75 Å².